The standard InChI is InChI=1S/C24H23N3O2/c1-15-11-12-25-21(13-15)27-22(18-5-4-6-19(14-18)29-3)20-10-9-17-8-7-16(2)26-23(17)24(20)28/h4-14,22,28H,1-3H3,(H,25,27)/t22-/m1/s1. The monoisotopic (exact) mass is 385 g/mol. The van der Waals surface area contributed by atoms with Crippen LogP contribution < -0.4 is 10.1 Å². The summed E-state index contributed by atoms with van der Waals surface area (Å²) in [4.78, 5) is 8.99. The van der Waals surface area contributed by atoms with Crippen molar-refractivity contribution in [3.05, 3.63) is 89.2 Å². The quantitative estimate of drug-likeness (QED) is 0.496. The summed E-state index contributed by atoms with van der Waals surface area (Å²) in [5.41, 5.74) is 4.24. The number of nitrogens with zero attached hydrogens (tertiary/aromatic N) is 2. The van der Waals surface area contributed by atoms with Gasteiger partial charge in [-0.3, -0.25) is 0 Å². The van der Waals surface area contributed by atoms with E-state index in [4.69, 9.17) is 4.74 Å². The van der Waals surface area contributed by atoms with E-state index in [1.54, 1.807) is 13.3 Å². The largest absolute Gasteiger partial charge is 0.505 e. The Hall–Kier alpha value is -3.60. The molecular formula is C24H23N3O2. The molecule has 0 aliphatic rings. The molecule has 5 heteroatoms. The summed E-state index contributed by atoms with van der Waals surface area (Å²) >= 11 is 0. The van der Waals surface area contributed by atoms with E-state index in [0.717, 1.165) is 39.3 Å². The van der Waals surface area contributed by atoms with Crippen LogP contribution in [-0.2, 0) is 0 Å². The van der Waals surface area contributed by atoms with Crippen molar-refractivity contribution in [1.29, 1.82) is 0 Å². The minimum atomic E-state index is -0.328. The Morgan fingerprint density at radius 3 is 2.62 bits per heavy atom. The summed E-state index contributed by atoms with van der Waals surface area (Å²) in [6.45, 7) is 3.94. The van der Waals surface area contributed by atoms with Crippen LogP contribution >= 0.6 is 0 Å². The number of benzene rings is 2. The topological polar surface area (TPSA) is 67.3 Å². The maximum Gasteiger partial charge on any atom is 0.147 e. The molecule has 0 spiro atoms. The van der Waals surface area contributed by atoms with Crippen LogP contribution in [0.3, 0.4) is 0 Å². The number of rotatable bonds is 5. The molecular weight excluding hydrogens is 362 g/mol. The number of phenolic OH excluding ortho intramolecular Hbond substituents is 1. The number of aryl methyl sites for hydroxylation is 2. The van der Waals surface area contributed by atoms with E-state index < -0.39 is 0 Å². The molecule has 5 nitrogen and oxygen atoms in total. The average Bonchev–Trinajstić information content (AvgIpc) is 2.73. The van der Waals surface area contributed by atoms with Crippen LogP contribution in [0.2, 0.25) is 0 Å². The average molecular weight is 385 g/mol. The third kappa shape index (κ3) is 3.85. The van der Waals surface area contributed by atoms with Crippen LogP contribution in [-0.4, -0.2) is 22.2 Å². The summed E-state index contributed by atoms with van der Waals surface area (Å²) in [5.74, 6) is 1.65. The first-order chi connectivity index (χ1) is 14.0. The summed E-state index contributed by atoms with van der Waals surface area (Å²) < 4.78 is 5.41. The first-order valence-corrected chi connectivity index (χ1v) is 9.47. The van der Waals surface area contributed by atoms with Crippen molar-refractivity contribution in [3.63, 3.8) is 0 Å². The molecule has 0 aliphatic heterocycles. The van der Waals surface area contributed by atoms with Crippen molar-refractivity contribution in [2.75, 3.05) is 12.4 Å². The highest BCUT2D eigenvalue weighted by molar-refractivity contribution is 5.86. The van der Waals surface area contributed by atoms with Crippen molar-refractivity contribution in [1.82, 2.24) is 9.97 Å². The molecule has 0 unspecified atom stereocenters. The van der Waals surface area contributed by atoms with E-state index in [1.807, 2.05) is 74.5 Å². The highest BCUT2D eigenvalue weighted by Gasteiger charge is 2.21. The molecule has 4 rings (SSSR count). The number of phenols is 1. The Labute approximate surface area is 170 Å². The predicted octanol–water partition coefficient (Wildman–Crippen LogP) is 5.16. The second-order valence-electron chi connectivity index (χ2n) is 7.10. The molecule has 0 fully saturated rings. The lowest BCUT2D eigenvalue weighted by atomic mass is 9.96. The normalized spacial score (nSPS) is 12.0. The molecule has 29 heavy (non-hydrogen) atoms. The van der Waals surface area contributed by atoms with E-state index in [-0.39, 0.29) is 11.8 Å². The van der Waals surface area contributed by atoms with Crippen LogP contribution in [0.1, 0.15) is 28.4 Å². The fraction of sp³-hybridized carbons (Fsp3) is 0.167. The summed E-state index contributed by atoms with van der Waals surface area (Å²) in [6.07, 6.45) is 1.77. The maximum absolute atomic E-state index is 11.1. The molecule has 0 amide bonds. The van der Waals surface area contributed by atoms with E-state index in [1.165, 1.54) is 0 Å². The first kappa shape index (κ1) is 18.7. The maximum atomic E-state index is 11.1. The van der Waals surface area contributed by atoms with Crippen LogP contribution in [0.15, 0.2) is 66.9 Å². The molecule has 0 aliphatic carbocycles. The minimum Gasteiger partial charge on any atom is -0.505 e. The van der Waals surface area contributed by atoms with Gasteiger partial charge >= 0.3 is 0 Å². The Kier molecular flexibility index (Phi) is 5.04. The Bertz CT molecular complexity index is 1170. The number of ether oxygens (including phenoxy) is 1. The third-order valence-corrected chi connectivity index (χ3v) is 4.95. The van der Waals surface area contributed by atoms with Crippen molar-refractivity contribution >= 4 is 16.7 Å². The van der Waals surface area contributed by atoms with Crippen LogP contribution in [0.4, 0.5) is 5.82 Å². The molecule has 0 saturated heterocycles. The van der Waals surface area contributed by atoms with Gasteiger partial charge in [0, 0.05) is 22.8 Å². The van der Waals surface area contributed by atoms with Gasteiger partial charge in [-0.25, -0.2) is 9.97 Å². The molecule has 2 aromatic carbocycles. The SMILES string of the molecule is COc1cccc([C@@H](Nc2cc(C)ccn2)c2ccc3ccc(C)nc3c2O)c1. The molecule has 1 atom stereocenters. The fourth-order valence-corrected chi connectivity index (χ4v) is 3.44. The van der Waals surface area contributed by atoms with Gasteiger partial charge in [-0.15, -0.1) is 0 Å². The lowest BCUT2D eigenvalue weighted by Gasteiger charge is -2.22. The number of anilines is 1. The van der Waals surface area contributed by atoms with Crippen LogP contribution in [0.25, 0.3) is 10.9 Å². The lowest BCUT2D eigenvalue weighted by Crippen LogP contribution is -2.14. The number of methoxy groups -OCH3 is 1. The van der Waals surface area contributed by atoms with E-state index in [0.29, 0.717) is 5.52 Å². The molecule has 4 aromatic rings. The fourth-order valence-electron chi connectivity index (χ4n) is 3.44. The minimum absolute atomic E-state index is 0.166. The van der Waals surface area contributed by atoms with Crippen LogP contribution in [0, 0.1) is 13.8 Å². The Balaban J connectivity index is 1.87. The molecule has 2 heterocycles. The van der Waals surface area contributed by atoms with E-state index in [2.05, 4.69) is 15.3 Å². The van der Waals surface area contributed by atoms with Gasteiger partial charge in [0.15, 0.2) is 0 Å². The molecule has 0 bridgehead atoms. The second kappa shape index (κ2) is 7.80. The zero-order valence-electron chi connectivity index (χ0n) is 16.7. The summed E-state index contributed by atoms with van der Waals surface area (Å²) in [5, 5.41) is 15.5. The third-order valence-electron chi connectivity index (χ3n) is 4.95. The van der Waals surface area contributed by atoms with Gasteiger partial charge in [-0.05, 0) is 55.3 Å². The number of pyridine rings is 2. The summed E-state index contributed by atoms with van der Waals surface area (Å²) in [6, 6.07) is 19.2. The van der Waals surface area contributed by atoms with Gasteiger partial charge < -0.3 is 15.2 Å². The van der Waals surface area contributed by atoms with Crippen molar-refractivity contribution < 1.29 is 9.84 Å². The lowest BCUT2D eigenvalue weighted by molar-refractivity contribution is 0.414. The zero-order valence-corrected chi connectivity index (χ0v) is 16.7. The smallest absolute Gasteiger partial charge is 0.147 e. The zero-order chi connectivity index (χ0) is 20.4. The van der Waals surface area contributed by atoms with Crippen molar-refractivity contribution in [2.45, 2.75) is 19.9 Å². The molecule has 146 valence electrons. The van der Waals surface area contributed by atoms with Gasteiger partial charge in [0.05, 0.1) is 13.2 Å². The van der Waals surface area contributed by atoms with Gasteiger partial charge in [0.2, 0.25) is 0 Å². The number of fused-ring (bicyclic) bond motifs is 1. The highest BCUT2D eigenvalue weighted by Crippen LogP contribution is 2.37. The van der Waals surface area contributed by atoms with E-state index in [9.17, 15) is 5.11 Å². The second-order valence-corrected chi connectivity index (χ2v) is 7.10. The molecule has 2 N–H and O–H groups in total. The Morgan fingerprint density at radius 1 is 1.00 bits per heavy atom. The van der Waals surface area contributed by atoms with Gasteiger partial charge in [0.25, 0.3) is 0 Å². The van der Waals surface area contributed by atoms with Crippen LogP contribution in [0.5, 0.6) is 11.5 Å². The van der Waals surface area contributed by atoms with Gasteiger partial charge in [-0.1, -0.05) is 30.3 Å². The molecule has 2 aromatic heterocycles. The first-order valence-electron chi connectivity index (χ1n) is 9.47. The van der Waals surface area contributed by atoms with Gasteiger partial charge in [-0.2, -0.15) is 0 Å². The summed E-state index contributed by atoms with van der Waals surface area (Å²) in [7, 11) is 1.64. The Morgan fingerprint density at radius 2 is 1.83 bits per heavy atom. The van der Waals surface area contributed by atoms with Crippen molar-refractivity contribution in [3.8, 4) is 11.5 Å². The number of nitrogens with one attached hydrogen (secondary N) is 1. The highest BCUT2D eigenvalue weighted by atomic mass is 16.5. The molecule has 0 saturated carbocycles. The number of aromatic nitrogens is 2. The predicted molar refractivity (Wildman–Crippen MR) is 116 cm³/mol. The molecule has 0 radical (unpaired) electrons. The number of aromatic hydroxyl groups is 1. The van der Waals surface area contributed by atoms with Gasteiger partial charge in [0.1, 0.15) is 22.8 Å². The van der Waals surface area contributed by atoms with Crippen molar-refractivity contribution in [2.24, 2.45) is 0 Å². The number of hydrogen-bond donors (Lipinski definition) is 2. The number of hydrogen-bond acceptors (Lipinski definition) is 5. The van der Waals surface area contributed by atoms with E-state index >= 15 is 0 Å².